The van der Waals surface area contributed by atoms with E-state index in [0.29, 0.717) is 16.0 Å². The molecule has 0 aromatic carbocycles. The van der Waals surface area contributed by atoms with E-state index in [-0.39, 0.29) is 11.2 Å². The molecule has 0 saturated carbocycles. The van der Waals surface area contributed by atoms with Gasteiger partial charge in [0.25, 0.3) is 0 Å². The minimum absolute atomic E-state index is 0.191. The maximum atomic E-state index is 11.5. The summed E-state index contributed by atoms with van der Waals surface area (Å²) in [6, 6.07) is 0. The molecular formula is C8H13N3OS2. The van der Waals surface area contributed by atoms with Crippen LogP contribution in [0.5, 0.6) is 0 Å². The number of rotatable bonds is 3. The van der Waals surface area contributed by atoms with E-state index in [1.165, 1.54) is 11.8 Å². The number of nitrogen functional groups attached to an aromatic ring is 1. The van der Waals surface area contributed by atoms with Crippen LogP contribution in [0.25, 0.3) is 0 Å². The SMILES string of the molecule is CC(C)(C)C(=O)CSc1nsc(N)n1. The predicted molar refractivity (Wildman–Crippen MR) is 59.5 cm³/mol. The molecule has 78 valence electrons. The van der Waals surface area contributed by atoms with Gasteiger partial charge in [0.05, 0.1) is 5.75 Å². The third kappa shape index (κ3) is 3.26. The number of thioether (sulfide) groups is 1. The van der Waals surface area contributed by atoms with Gasteiger partial charge in [-0.2, -0.15) is 9.36 Å². The molecule has 1 aromatic heterocycles. The number of Topliss-reactive ketones (excluding diaryl/α,β-unsaturated/α-hetero) is 1. The fraction of sp³-hybridized carbons (Fsp3) is 0.625. The van der Waals surface area contributed by atoms with Gasteiger partial charge in [0, 0.05) is 16.9 Å². The summed E-state index contributed by atoms with van der Waals surface area (Å²) in [4.78, 5) is 15.5. The highest BCUT2D eigenvalue weighted by Crippen LogP contribution is 2.22. The van der Waals surface area contributed by atoms with Crippen molar-refractivity contribution in [2.75, 3.05) is 11.5 Å². The van der Waals surface area contributed by atoms with Crippen LogP contribution < -0.4 is 5.73 Å². The summed E-state index contributed by atoms with van der Waals surface area (Å²) in [6.45, 7) is 5.70. The number of aromatic nitrogens is 2. The van der Waals surface area contributed by atoms with Gasteiger partial charge in [-0.15, -0.1) is 0 Å². The lowest BCUT2D eigenvalue weighted by molar-refractivity contribution is -0.123. The van der Waals surface area contributed by atoms with E-state index in [0.717, 1.165) is 11.5 Å². The van der Waals surface area contributed by atoms with Crippen molar-refractivity contribution in [2.24, 2.45) is 5.41 Å². The van der Waals surface area contributed by atoms with Crippen LogP contribution >= 0.6 is 23.3 Å². The third-order valence-corrected chi connectivity index (χ3v) is 3.10. The molecule has 1 heterocycles. The van der Waals surface area contributed by atoms with Crippen molar-refractivity contribution in [3.63, 3.8) is 0 Å². The average Bonchev–Trinajstić information content (AvgIpc) is 2.45. The third-order valence-electron chi connectivity index (χ3n) is 1.59. The molecule has 1 aromatic rings. The van der Waals surface area contributed by atoms with Crippen LogP contribution in [0, 0.1) is 5.41 Å². The van der Waals surface area contributed by atoms with E-state index < -0.39 is 0 Å². The monoisotopic (exact) mass is 231 g/mol. The van der Waals surface area contributed by atoms with Gasteiger partial charge >= 0.3 is 0 Å². The molecule has 0 unspecified atom stereocenters. The number of nitrogens with two attached hydrogens (primary N) is 1. The predicted octanol–water partition coefficient (Wildman–Crippen LogP) is 1.83. The molecule has 6 heteroatoms. The van der Waals surface area contributed by atoms with Crippen LogP contribution in [0.15, 0.2) is 5.16 Å². The first-order valence-corrected chi connectivity index (χ1v) is 5.91. The Hall–Kier alpha value is -0.620. The van der Waals surface area contributed by atoms with Gasteiger partial charge in [-0.05, 0) is 0 Å². The molecule has 0 radical (unpaired) electrons. The molecule has 0 fully saturated rings. The highest BCUT2D eigenvalue weighted by atomic mass is 32.2. The maximum Gasteiger partial charge on any atom is 0.202 e. The lowest BCUT2D eigenvalue weighted by atomic mass is 9.92. The summed E-state index contributed by atoms with van der Waals surface area (Å²) < 4.78 is 3.99. The Balaban J connectivity index is 2.46. The van der Waals surface area contributed by atoms with E-state index in [1.54, 1.807) is 0 Å². The second-order valence-electron chi connectivity index (χ2n) is 3.88. The van der Waals surface area contributed by atoms with Crippen LogP contribution in [0.3, 0.4) is 0 Å². The Kier molecular flexibility index (Phi) is 3.49. The largest absolute Gasteiger partial charge is 0.374 e. The minimum atomic E-state index is -0.297. The smallest absolute Gasteiger partial charge is 0.202 e. The van der Waals surface area contributed by atoms with E-state index in [2.05, 4.69) is 9.36 Å². The van der Waals surface area contributed by atoms with Crippen LogP contribution in [0.4, 0.5) is 5.13 Å². The molecule has 0 aliphatic heterocycles. The van der Waals surface area contributed by atoms with E-state index in [4.69, 9.17) is 5.73 Å². The Morgan fingerprint density at radius 1 is 1.57 bits per heavy atom. The van der Waals surface area contributed by atoms with E-state index in [9.17, 15) is 4.79 Å². The lowest BCUT2D eigenvalue weighted by Gasteiger charge is -2.14. The van der Waals surface area contributed by atoms with Crippen molar-refractivity contribution >= 4 is 34.2 Å². The zero-order valence-corrected chi connectivity index (χ0v) is 10.0. The van der Waals surface area contributed by atoms with Crippen molar-refractivity contribution in [3.8, 4) is 0 Å². The molecular weight excluding hydrogens is 218 g/mol. The van der Waals surface area contributed by atoms with Crippen LogP contribution in [-0.4, -0.2) is 20.9 Å². The van der Waals surface area contributed by atoms with Crippen LogP contribution in [-0.2, 0) is 4.79 Å². The summed E-state index contributed by atoms with van der Waals surface area (Å²) in [5.41, 5.74) is 5.12. The first-order valence-electron chi connectivity index (χ1n) is 4.15. The molecule has 1 rings (SSSR count). The Morgan fingerprint density at radius 2 is 2.21 bits per heavy atom. The molecule has 4 nitrogen and oxygen atoms in total. The molecule has 2 N–H and O–H groups in total. The van der Waals surface area contributed by atoms with Crippen molar-refractivity contribution in [2.45, 2.75) is 25.9 Å². The Morgan fingerprint density at radius 3 is 2.64 bits per heavy atom. The first-order chi connectivity index (χ1) is 6.39. The summed E-state index contributed by atoms with van der Waals surface area (Å²) in [7, 11) is 0. The Bertz CT molecular complexity index is 330. The van der Waals surface area contributed by atoms with Gasteiger partial charge < -0.3 is 5.73 Å². The molecule has 0 aliphatic carbocycles. The molecule has 0 aliphatic rings. The summed E-state index contributed by atoms with van der Waals surface area (Å²) in [5.74, 6) is 0.593. The Labute approximate surface area is 91.5 Å². The zero-order valence-electron chi connectivity index (χ0n) is 8.40. The van der Waals surface area contributed by atoms with Gasteiger partial charge in [0.2, 0.25) is 10.3 Å². The van der Waals surface area contributed by atoms with Crippen LogP contribution in [0.1, 0.15) is 20.8 Å². The number of nitrogens with zero attached hydrogens (tertiary/aromatic N) is 2. The van der Waals surface area contributed by atoms with Crippen molar-refractivity contribution in [1.29, 1.82) is 0 Å². The number of carbonyl (C=O) groups excluding carboxylic acids is 1. The number of hydrogen-bond donors (Lipinski definition) is 1. The van der Waals surface area contributed by atoms with Gasteiger partial charge in [0.1, 0.15) is 5.78 Å². The summed E-state index contributed by atoms with van der Waals surface area (Å²) in [6.07, 6.45) is 0. The molecule has 14 heavy (non-hydrogen) atoms. The highest BCUT2D eigenvalue weighted by molar-refractivity contribution is 7.99. The number of carbonyl (C=O) groups is 1. The van der Waals surface area contributed by atoms with Gasteiger partial charge in [0.15, 0.2) is 0 Å². The van der Waals surface area contributed by atoms with Crippen LogP contribution in [0.2, 0.25) is 0 Å². The summed E-state index contributed by atoms with van der Waals surface area (Å²) >= 11 is 2.48. The number of hydrogen-bond acceptors (Lipinski definition) is 6. The highest BCUT2D eigenvalue weighted by Gasteiger charge is 2.21. The first kappa shape index (κ1) is 11.5. The fourth-order valence-corrected chi connectivity index (χ4v) is 2.20. The van der Waals surface area contributed by atoms with Crippen molar-refractivity contribution < 1.29 is 4.79 Å². The van der Waals surface area contributed by atoms with E-state index >= 15 is 0 Å². The normalized spacial score (nSPS) is 11.6. The van der Waals surface area contributed by atoms with Crippen molar-refractivity contribution in [1.82, 2.24) is 9.36 Å². The maximum absolute atomic E-state index is 11.5. The quantitative estimate of drug-likeness (QED) is 0.804. The van der Waals surface area contributed by atoms with Gasteiger partial charge in [-0.25, -0.2) is 0 Å². The molecule has 0 spiro atoms. The fourth-order valence-electron chi connectivity index (χ4n) is 0.626. The molecule has 0 saturated heterocycles. The average molecular weight is 231 g/mol. The topological polar surface area (TPSA) is 68.9 Å². The van der Waals surface area contributed by atoms with Gasteiger partial charge in [-0.3, -0.25) is 4.79 Å². The minimum Gasteiger partial charge on any atom is -0.374 e. The molecule has 0 bridgehead atoms. The molecule has 0 amide bonds. The number of ketones is 1. The second-order valence-corrected chi connectivity index (χ2v) is 5.60. The standard InChI is InChI=1S/C8H13N3OS2/c1-8(2,3)5(12)4-13-7-10-6(9)14-11-7/h4H2,1-3H3,(H2,9,10,11). The van der Waals surface area contributed by atoms with Gasteiger partial charge in [-0.1, -0.05) is 32.5 Å². The van der Waals surface area contributed by atoms with E-state index in [1.807, 2.05) is 20.8 Å². The lowest BCUT2D eigenvalue weighted by Crippen LogP contribution is -2.22. The second kappa shape index (κ2) is 4.27. The zero-order chi connectivity index (χ0) is 10.8. The number of anilines is 1. The summed E-state index contributed by atoms with van der Waals surface area (Å²) in [5, 5.41) is 1.03. The van der Waals surface area contributed by atoms with Crippen molar-refractivity contribution in [3.05, 3.63) is 0 Å². The molecule has 0 atom stereocenters.